The summed E-state index contributed by atoms with van der Waals surface area (Å²) >= 11 is 3.69. The summed E-state index contributed by atoms with van der Waals surface area (Å²) in [6.07, 6.45) is 7.28. The zero-order valence-corrected chi connectivity index (χ0v) is 16.7. The van der Waals surface area contributed by atoms with Crippen LogP contribution in [0, 0.1) is 23.2 Å². The molecule has 1 aromatic rings. The number of fused-ring (bicyclic) bond motifs is 5. The largest absolute Gasteiger partial charge is 0.497 e. The number of benzene rings is 1. The number of halogens is 1. The van der Waals surface area contributed by atoms with Crippen LogP contribution in [-0.4, -0.2) is 17.7 Å². The fraction of sp³-hybridized carbons (Fsp3) is 0.591. The molecule has 0 amide bonds. The minimum absolute atomic E-state index is 0.0407. The van der Waals surface area contributed by atoms with Crippen molar-refractivity contribution < 1.29 is 9.53 Å². The van der Waals surface area contributed by atoms with Gasteiger partial charge in [0, 0.05) is 5.41 Å². The van der Waals surface area contributed by atoms with E-state index in [2.05, 4.69) is 53.7 Å². The molecule has 0 unspecified atom stereocenters. The lowest BCUT2D eigenvalue weighted by Crippen LogP contribution is -2.47. The Labute approximate surface area is 159 Å². The van der Waals surface area contributed by atoms with Gasteiger partial charge in [-0.15, -0.1) is 6.58 Å². The number of ether oxygens (including phenoxy) is 1. The Morgan fingerprint density at radius 3 is 2.92 bits per heavy atom. The maximum atomic E-state index is 13.0. The van der Waals surface area contributed by atoms with E-state index < -0.39 is 0 Å². The topological polar surface area (TPSA) is 26.3 Å². The number of rotatable bonds is 3. The Hall–Kier alpha value is -1.09. The number of ketones is 1. The Bertz CT molecular complexity index is 712. The number of carbonyl (C=O) groups excluding carboxylic acids is 1. The van der Waals surface area contributed by atoms with Gasteiger partial charge >= 0.3 is 0 Å². The molecule has 0 radical (unpaired) electrons. The highest BCUT2D eigenvalue weighted by Gasteiger charge is 2.60. The van der Waals surface area contributed by atoms with Crippen molar-refractivity contribution in [3.8, 4) is 5.75 Å². The molecule has 3 aliphatic carbocycles. The van der Waals surface area contributed by atoms with Crippen molar-refractivity contribution in [2.75, 3.05) is 7.11 Å². The molecular weight excluding hydrogens is 376 g/mol. The standard InChI is InChI=1S/C22H27BrO2/c1-4-13-10-14-11-15(25-3)6-7-16(14)17-8-9-22(5-2)18(20(13)17)12-19(23)21(22)24/h4,6-7,11,13,17-20H,1,5,8-10,12H2,2-3H3/t13-,17-,18+,19-,20-,22+/m1/s1. The lowest BCUT2D eigenvalue weighted by Gasteiger charge is -2.52. The van der Waals surface area contributed by atoms with Gasteiger partial charge in [-0.3, -0.25) is 4.79 Å². The Kier molecular flexibility index (Phi) is 4.34. The minimum atomic E-state index is -0.111. The highest BCUT2D eigenvalue weighted by atomic mass is 79.9. The van der Waals surface area contributed by atoms with Crippen LogP contribution in [-0.2, 0) is 11.2 Å². The first kappa shape index (κ1) is 17.3. The highest BCUT2D eigenvalue weighted by Crippen LogP contribution is 2.63. The summed E-state index contributed by atoms with van der Waals surface area (Å²) < 4.78 is 5.44. The first-order chi connectivity index (χ1) is 12.1. The SMILES string of the molecule is C=C[C@@H]1Cc2cc(OC)ccc2[C@H]2CC[C@]3(CC)C(=O)[C@H](Br)C[C@H]3[C@H]12. The van der Waals surface area contributed by atoms with Crippen LogP contribution in [0.2, 0.25) is 0 Å². The van der Waals surface area contributed by atoms with Gasteiger partial charge in [0.1, 0.15) is 5.75 Å². The van der Waals surface area contributed by atoms with Crippen molar-refractivity contribution in [2.24, 2.45) is 23.2 Å². The molecule has 1 aromatic carbocycles. The molecule has 3 aliphatic rings. The molecule has 0 aliphatic heterocycles. The van der Waals surface area contributed by atoms with Gasteiger partial charge in [0.25, 0.3) is 0 Å². The van der Waals surface area contributed by atoms with Crippen LogP contribution in [0.3, 0.4) is 0 Å². The van der Waals surface area contributed by atoms with E-state index in [0.29, 0.717) is 29.5 Å². The molecule has 0 saturated heterocycles. The van der Waals surface area contributed by atoms with E-state index in [-0.39, 0.29) is 10.2 Å². The van der Waals surface area contributed by atoms with E-state index in [1.807, 2.05) is 0 Å². The number of methoxy groups -OCH3 is 1. The van der Waals surface area contributed by atoms with Crippen molar-refractivity contribution in [2.45, 2.75) is 49.8 Å². The van der Waals surface area contributed by atoms with Gasteiger partial charge < -0.3 is 4.74 Å². The molecule has 2 saturated carbocycles. The van der Waals surface area contributed by atoms with E-state index >= 15 is 0 Å². The molecule has 0 spiro atoms. The average molecular weight is 403 g/mol. The van der Waals surface area contributed by atoms with Gasteiger partial charge in [0.05, 0.1) is 11.9 Å². The summed E-state index contributed by atoms with van der Waals surface area (Å²) in [4.78, 5) is 13.0. The number of alkyl halides is 1. The molecule has 6 atom stereocenters. The maximum absolute atomic E-state index is 13.0. The third-order valence-electron chi connectivity index (χ3n) is 7.41. The Morgan fingerprint density at radius 1 is 1.44 bits per heavy atom. The van der Waals surface area contributed by atoms with Crippen molar-refractivity contribution in [3.63, 3.8) is 0 Å². The third-order valence-corrected chi connectivity index (χ3v) is 8.20. The van der Waals surface area contributed by atoms with Crippen molar-refractivity contribution in [1.29, 1.82) is 0 Å². The number of allylic oxidation sites excluding steroid dienone is 1. The smallest absolute Gasteiger partial charge is 0.152 e. The molecule has 2 fully saturated rings. The van der Waals surface area contributed by atoms with Gasteiger partial charge in [-0.05, 0) is 79.0 Å². The van der Waals surface area contributed by atoms with Crippen LogP contribution in [0.25, 0.3) is 0 Å². The number of hydrogen-bond acceptors (Lipinski definition) is 2. The van der Waals surface area contributed by atoms with Gasteiger partial charge in [0.2, 0.25) is 0 Å². The van der Waals surface area contributed by atoms with Crippen LogP contribution in [0.15, 0.2) is 30.9 Å². The first-order valence-corrected chi connectivity index (χ1v) is 10.4. The first-order valence-electron chi connectivity index (χ1n) is 9.53. The molecule has 2 nitrogen and oxygen atoms in total. The minimum Gasteiger partial charge on any atom is -0.497 e. The molecule has 0 heterocycles. The molecule has 0 aromatic heterocycles. The molecule has 25 heavy (non-hydrogen) atoms. The van der Waals surface area contributed by atoms with E-state index in [1.165, 1.54) is 11.1 Å². The summed E-state index contributed by atoms with van der Waals surface area (Å²) in [5.74, 6) is 3.42. The second kappa shape index (κ2) is 6.26. The summed E-state index contributed by atoms with van der Waals surface area (Å²) in [6.45, 7) is 6.37. The van der Waals surface area contributed by atoms with Crippen LogP contribution in [0.1, 0.15) is 49.7 Å². The van der Waals surface area contributed by atoms with Gasteiger partial charge in [-0.1, -0.05) is 35.0 Å². The summed E-state index contributed by atoms with van der Waals surface area (Å²) in [7, 11) is 1.73. The number of hydrogen-bond donors (Lipinski definition) is 0. The van der Waals surface area contributed by atoms with Crippen molar-refractivity contribution in [3.05, 3.63) is 42.0 Å². The van der Waals surface area contributed by atoms with Gasteiger partial charge in [-0.2, -0.15) is 0 Å². The molecule has 0 bridgehead atoms. The van der Waals surface area contributed by atoms with Crippen LogP contribution >= 0.6 is 15.9 Å². The quantitative estimate of drug-likeness (QED) is 0.506. The molecular formula is C22H27BrO2. The fourth-order valence-corrected chi connectivity index (χ4v) is 7.08. The summed E-state index contributed by atoms with van der Waals surface area (Å²) in [5.41, 5.74) is 2.79. The summed E-state index contributed by atoms with van der Waals surface area (Å²) in [5, 5.41) is 0. The molecule has 4 rings (SSSR count). The Balaban J connectivity index is 1.79. The Morgan fingerprint density at radius 2 is 2.24 bits per heavy atom. The zero-order valence-electron chi connectivity index (χ0n) is 15.1. The van der Waals surface area contributed by atoms with Crippen LogP contribution in [0.5, 0.6) is 5.75 Å². The van der Waals surface area contributed by atoms with Crippen LogP contribution < -0.4 is 4.74 Å². The number of Topliss-reactive ketones (excluding diaryl/α,β-unsaturated/α-hetero) is 1. The van der Waals surface area contributed by atoms with Crippen LogP contribution in [0.4, 0.5) is 0 Å². The predicted molar refractivity (Wildman–Crippen MR) is 104 cm³/mol. The monoisotopic (exact) mass is 402 g/mol. The van der Waals surface area contributed by atoms with E-state index in [1.54, 1.807) is 7.11 Å². The second-order valence-electron chi connectivity index (χ2n) is 8.07. The van der Waals surface area contributed by atoms with E-state index in [9.17, 15) is 4.79 Å². The highest BCUT2D eigenvalue weighted by molar-refractivity contribution is 9.10. The second-order valence-corrected chi connectivity index (χ2v) is 9.18. The lowest BCUT2D eigenvalue weighted by atomic mass is 9.51. The van der Waals surface area contributed by atoms with Crippen molar-refractivity contribution >= 4 is 21.7 Å². The summed E-state index contributed by atoms with van der Waals surface area (Å²) in [6, 6.07) is 6.57. The molecule has 3 heteroatoms. The predicted octanol–water partition coefficient (Wildman–Crippen LogP) is 5.30. The average Bonchev–Trinajstić information content (AvgIpc) is 2.91. The van der Waals surface area contributed by atoms with Gasteiger partial charge in [0.15, 0.2) is 5.78 Å². The lowest BCUT2D eigenvalue weighted by molar-refractivity contribution is -0.131. The third kappa shape index (κ3) is 2.38. The normalized spacial score (nSPS) is 39.3. The number of carbonyl (C=O) groups is 1. The molecule has 0 N–H and O–H groups in total. The molecule has 134 valence electrons. The van der Waals surface area contributed by atoms with E-state index in [0.717, 1.165) is 37.9 Å². The maximum Gasteiger partial charge on any atom is 0.152 e. The van der Waals surface area contributed by atoms with E-state index in [4.69, 9.17) is 4.74 Å². The van der Waals surface area contributed by atoms with Gasteiger partial charge in [-0.25, -0.2) is 0 Å². The fourth-order valence-electron chi connectivity index (χ4n) is 6.22. The van der Waals surface area contributed by atoms with Crippen molar-refractivity contribution in [1.82, 2.24) is 0 Å². The zero-order chi connectivity index (χ0) is 17.8.